The fraction of sp³-hybridized carbons (Fsp3) is 0.633. The Bertz CT molecular complexity index is 2010. The molecule has 4 aliphatic carbocycles. The van der Waals surface area contributed by atoms with Gasteiger partial charge < -0.3 is 23.4 Å². The van der Waals surface area contributed by atoms with E-state index in [1.807, 2.05) is 18.2 Å². The highest BCUT2D eigenvalue weighted by Gasteiger charge is 2.56. The van der Waals surface area contributed by atoms with Gasteiger partial charge in [0, 0.05) is 18.9 Å². The van der Waals surface area contributed by atoms with E-state index in [9.17, 15) is 9.59 Å². The van der Waals surface area contributed by atoms with Crippen LogP contribution in [0.25, 0.3) is 22.1 Å². The third-order valence-electron chi connectivity index (χ3n) is 15.1. The first kappa shape index (κ1) is 39.1. The average molecular weight is 765 g/mol. The van der Waals surface area contributed by atoms with E-state index in [0.717, 1.165) is 61.2 Å². The molecule has 0 N–H and O–H groups in total. The first-order chi connectivity index (χ1) is 26.9. The maximum absolute atomic E-state index is 13.7. The number of rotatable bonds is 10. The molecule has 0 bridgehead atoms. The predicted octanol–water partition coefficient (Wildman–Crippen LogP) is 11.7. The number of fused-ring (bicyclic) bond motifs is 7. The lowest BCUT2D eigenvalue weighted by Crippen LogP contribution is -2.52. The molecule has 3 fully saturated rings. The zero-order valence-electron chi connectivity index (χ0n) is 34.8. The molecule has 56 heavy (non-hydrogen) atoms. The number of benzene rings is 2. The lowest BCUT2D eigenvalue weighted by atomic mass is 9.44. The number of ether oxygens (including phenoxy) is 4. The van der Waals surface area contributed by atoms with Crippen molar-refractivity contribution in [2.45, 2.75) is 131 Å². The highest BCUT2D eigenvalue weighted by molar-refractivity contribution is 5.84. The first-order valence-electron chi connectivity index (χ1n) is 21.9. The molecule has 0 unspecified atom stereocenters. The summed E-state index contributed by atoms with van der Waals surface area (Å²) in [5, 5.41) is 0.443. The van der Waals surface area contributed by atoms with Crippen LogP contribution < -0.4 is 19.6 Å². The highest BCUT2D eigenvalue weighted by atomic mass is 16.6. The lowest BCUT2D eigenvalue weighted by Gasteiger charge is -2.61. The van der Waals surface area contributed by atoms with Crippen molar-refractivity contribution < 1.29 is 28.2 Å². The van der Waals surface area contributed by atoms with Crippen LogP contribution in [0.1, 0.15) is 124 Å². The van der Waals surface area contributed by atoms with Gasteiger partial charge in [-0.15, -0.1) is 0 Å². The second kappa shape index (κ2) is 15.9. The van der Waals surface area contributed by atoms with Crippen LogP contribution >= 0.6 is 0 Å². The van der Waals surface area contributed by atoms with Crippen molar-refractivity contribution >= 4 is 16.9 Å². The van der Waals surface area contributed by atoms with Crippen LogP contribution in [-0.2, 0) is 9.53 Å². The number of hydrogen-bond donors (Lipinski definition) is 0. The van der Waals surface area contributed by atoms with Crippen LogP contribution in [0.3, 0.4) is 0 Å². The van der Waals surface area contributed by atoms with E-state index in [4.69, 9.17) is 23.4 Å². The molecule has 2 heterocycles. The molecule has 3 saturated carbocycles. The Morgan fingerprint density at radius 2 is 1.75 bits per heavy atom. The number of aryl methyl sites for hydroxylation is 1. The summed E-state index contributed by atoms with van der Waals surface area (Å²) in [4.78, 5) is 26.8. The molecule has 0 amide bonds. The average Bonchev–Trinajstić information content (AvgIpc) is 3.41. The van der Waals surface area contributed by atoms with Gasteiger partial charge in [0.25, 0.3) is 0 Å². The van der Waals surface area contributed by atoms with Gasteiger partial charge in [-0.2, -0.15) is 0 Å². The van der Waals surface area contributed by atoms with Crippen molar-refractivity contribution in [2.75, 3.05) is 19.8 Å². The van der Waals surface area contributed by atoms with Crippen molar-refractivity contribution in [2.24, 2.45) is 46.3 Å². The Kier molecular flexibility index (Phi) is 11.1. The summed E-state index contributed by atoms with van der Waals surface area (Å²) >= 11 is 0. The normalized spacial score (nSPS) is 30.3. The van der Waals surface area contributed by atoms with E-state index >= 15 is 0 Å². The standard InChI is InChI=1S/C49H64O7/c1-30(2)9-7-10-31(3)34-11-17-40-38-15-13-35-26-37(19-22-49(35,6)41(38)20-21-48(40,5)28-34)56-45(50)29-54-36-14-16-39-43(27-36)55-32(4)46(47(39)51)33-12-18-42-44(25-33)53-24-8-23-52-42/h12-14,16,18,25,27,30-31,34,37-38,40-41H,7-11,15,17,19-24,26,28-29H2,1-6H3/t31-,34-,37-,38+,40-,41+,48+,49-/m0/s1. The van der Waals surface area contributed by atoms with Gasteiger partial charge in [-0.1, -0.05) is 71.6 Å². The summed E-state index contributed by atoms with van der Waals surface area (Å²) in [7, 11) is 0. The molecule has 7 nitrogen and oxygen atoms in total. The molecule has 0 saturated heterocycles. The van der Waals surface area contributed by atoms with E-state index < -0.39 is 0 Å². The topological polar surface area (TPSA) is 84.2 Å². The quantitative estimate of drug-likeness (QED) is 0.150. The molecule has 1 aliphatic heterocycles. The van der Waals surface area contributed by atoms with Crippen molar-refractivity contribution in [1.29, 1.82) is 0 Å². The van der Waals surface area contributed by atoms with Gasteiger partial charge in [0.05, 0.1) is 24.2 Å². The van der Waals surface area contributed by atoms with Gasteiger partial charge in [-0.25, -0.2) is 4.79 Å². The molecule has 7 heteroatoms. The van der Waals surface area contributed by atoms with Crippen LogP contribution in [-0.4, -0.2) is 31.9 Å². The minimum Gasteiger partial charge on any atom is -0.490 e. The summed E-state index contributed by atoms with van der Waals surface area (Å²) in [5.41, 5.74) is 3.69. The Labute approximate surface area is 333 Å². The summed E-state index contributed by atoms with van der Waals surface area (Å²) in [6, 6.07) is 10.6. The SMILES string of the molecule is Cc1oc2cc(OCC(=O)O[C@H]3CC[C@@]4(C)C(=CC[C@H]5[C@H]4CC[C@]4(C)C[C@@H]([C@@H](C)CCCC(C)C)CC[C@@H]54)C3)ccc2c(=O)c1-c1ccc2c(c1)OCCCO2. The zero-order chi connectivity index (χ0) is 39.2. The highest BCUT2D eigenvalue weighted by Crippen LogP contribution is 2.65. The van der Waals surface area contributed by atoms with Crippen LogP contribution in [0, 0.1) is 53.3 Å². The van der Waals surface area contributed by atoms with Gasteiger partial charge in [-0.05, 0) is 134 Å². The van der Waals surface area contributed by atoms with Crippen molar-refractivity contribution in [3.05, 3.63) is 64.0 Å². The predicted molar refractivity (Wildman–Crippen MR) is 221 cm³/mol. The summed E-state index contributed by atoms with van der Waals surface area (Å²) in [5.74, 6) is 6.79. The second-order valence-electron chi connectivity index (χ2n) is 19.2. The van der Waals surface area contributed by atoms with Crippen LogP contribution in [0.4, 0.5) is 0 Å². The minimum atomic E-state index is -0.362. The lowest BCUT2D eigenvalue weighted by molar-refractivity contribution is -0.154. The fourth-order valence-electron chi connectivity index (χ4n) is 12.0. The van der Waals surface area contributed by atoms with Crippen LogP contribution in [0.15, 0.2) is 57.3 Å². The fourth-order valence-corrected chi connectivity index (χ4v) is 12.0. The van der Waals surface area contributed by atoms with E-state index in [0.29, 0.717) is 63.7 Å². The Morgan fingerprint density at radius 3 is 2.57 bits per heavy atom. The number of allylic oxidation sites excluding steroid dienone is 1. The molecule has 0 spiro atoms. The van der Waals surface area contributed by atoms with E-state index in [1.54, 1.807) is 25.1 Å². The van der Waals surface area contributed by atoms with Crippen molar-refractivity contribution in [1.82, 2.24) is 0 Å². The molecule has 5 aliphatic rings. The van der Waals surface area contributed by atoms with E-state index in [1.165, 1.54) is 63.4 Å². The summed E-state index contributed by atoms with van der Waals surface area (Å²) < 4.78 is 29.8. The third kappa shape index (κ3) is 7.65. The zero-order valence-corrected chi connectivity index (χ0v) is 34.8. The van der Waals surface area contributed by atoms with Gasteiger partial charge in [-0.3, -0.25) is 4.79 Å². The molecule has 2 aromatic carbocycles. The van der Waals surface area contributed by atoms with Gasteiger partial charge in [0.15, 0.2) is 18.1 Å². The molecule has 302 valence electrons. The number of carbonyl (C=O) groups is 1. The molecule has 8 rings (SSSR count). The summed E-state index contributed by atoms with van der Waals surface area (Å²) in [6.45, 7) is 15.2. The molecular weight excluding hydrogens is 701 g/mol. The maximum Gasteiger partial charge on any atom is 0.344 e. The van der Waals surface area contributed by atoms with Gasteiger partial charge in [0.1, 0.15) is 23.2 Å². The third-order valence-corrected chi connectivity index (χ3v) is 15.1. The van der Waals surface area contributed by atoms with Gasteiger partial charge >= 0.3 is 5.97 Å². The smallest absolute Gasteiger partial charge is 0.344 e. The molecule has 8 atom stereocenters. The molecule has 0 radical (unpaired) electrons. The van der Waals surface area contributed by atoms with E-state index in [-0.39, 0.29) is 29.5 Å². The molecule has 1 aromatic heterocycles. The molecular formula is C49H64O7. The van der Waals surface area contributed by atoms with E-state index in [2.05, 4.69) is 40.7 Å². The second-order valence-corrected chi connectivity index (χ2v) is 19.2. The van der Waals surface area contributed by atoms with Gasteiger partial charge in [0.2, 0.25) is 5.43 Å². The molecule has 3 aromatic rings. The number of esters is 1. The number of carbonyl (C=O) groups excluding carboxylic acids is 1. The largest absolute Gasteiger partial charge is 0.490 e. The van der Waals surface area contributed by atoms with Crippen LogP contribution in [0.2, 0.25) is 0 Å². The first-order valence-corrected chi connectivity index (χ1v) is 21.9. The Morgan fingerprint density at radius 1 is 0.929 bits per heavy atom. The minimum absolute atomic E-state index is 0.121. The maximum atomic E-state index is 13.7. The van der Waals surface area contributed by atoms with Crippen LogP contribution in [0.5, 0.6) is 17.2 Å². The Balaban J connectivity index is 0.867. The monoisotopic (exact) mass is 764 g/mol. The Hall–Kier alpha value is -3.74. The number of hydrogen-bond acceptors (Lipinski definition) is 7. The summed E-state index contributed by atoms with van der Waals surface area (Å²) in [6.07, 6.45) is 18.3. The van der Waals surface area contributed by atoms with Crippen molar-refractivity contribution in [3.8, 4) is 28.4 Å². The van der Waals surface area contributed by atoms with Crippen molar-refractivity contribution in [3.63, 3.8) is 0 Å².